The molecule has 2 atom stereocenters. The van der Waals surface area contributed by atoms with Gasteiger partial charge in [-0.3, -0.25) is 9.78 Å². The van der Waals surface area contributed by atoms with E-state index in [-0.39, 0.29) is 11.8 Å². The van der Waals surface area contributed by atoms with Crippen molar-refractivity contribution in [2.24, 2.45) is 11.8 Å². The van der Waals surface area contributed by atoms with Gasteiger partial charge < -0.3 is 10.4 Å². The molecule has 2 N–H and O–H groups in total. The molecule has 1 fully saturated rings. The van der Waals surface area contributed by atoms with Gasteiger partial charge in [-0.05, 0) is 63.2 Å². The third-order valence-electron chi connectivity index (χ3n) is 3.81. The molecule has 0 radical (unpaired) electrons. The Bertz CT molecular complexity index is 482. The van der Waals surface area contributed by atoms with Crippen molar-refractivity contribution < 1.29 is 9.90 Å². The third-order valence-corrected chi connectivity index (χ3v) is 4.93. The summed E-state index contributed by atoms with van der Waals surface area (Å²) in [6.45, 7) is 1.39. The van der Waals surface area contributed by atoms with E-state index in [9.17, 15) is 9.90 Å². The first-order valence-corrected chi connectivity index (χ1v) is 8.40. The Morgan fingerprint density at radius 3 is 2.85 bits per heavy atom. The van der Waals surface area contributed by atoms with Crippen LogP contribution in [-0.4, -0.2) is 22.6 Å². The van der Waals surface area contributed by atoms with Crippen molar-refractivity contribution in [1.29, 1.82) is 0 Å². The lowest BCUT2D eigenvalue weighted by Gasteiger charge is -2.28. The SMILES string of the molecule is O=C(O)C1CCCCC1CNCc1ncc(Br)cc1Br. The van der Waals surface area contributed by atoms with Crippen LogP contribution in [0, 0.1) is 11.8 Å². The highest BCUT2D eigenvalue weighted by Crippen LogP contribution is 2.30. The molecule has 0 aromatic carbocycles. The van der Waals surface area contributed by atoms with Gasteiger partial charge in [0.05, 0.1) is 11.6 Å². The zero-order chi connectivity index (χ0) is 14.5. The van der Waals surface area contributed by atoms with E-state index in [1.807, 2.05) is 6.07 Å². The molecule has 0 amide bonds. The fourth-order valence-electron chi connectivity index (χ4n) is 2.73. The lowest BCUT2D eigenvalue weighted by molar-refractivity contribution is -0.144. The molecule has 1 heterocycles. The highest BCUT2D eigenvalue weighted by molar-refractivity contribution is 9.11. The van der Waals surface area contributed by atoms with E-state index in [2.05, 4.69) is 42.2 Å². The molecule has 1 aliphatic carbocycles. The van der Waals surface area contributed by atoms with Gasteiger partial charge in [-0.2, -0.15) is 0 Å². The summed E-state index contributed by atoms with van der Waals surface area (Å²) in [6.07, 6.45) is 5.74. The molecule has 1 aromatic heterocycles. The van der Waals surface area contributed by atoms with Crippen molar-refractivity contribution in [3.8, 4) is 0 Å². The van der Waals surface area contributed by atoms with Gasteiger partial charge in [-0.15, -0.1) is 0 Å². The van der Waals surface area contributed by atoms with Crippen LogP contribution in [0.25, 0.3) is 0 Å². The topological polar surface area (TPSA) is 62.2 Å². The molecule has 20 heavy (non-hydrogen) atoms. The number of carboxylic acids is 1. The van der Waals surface area contributed by atoms with E-state index in [1.165, 1.54) is 0 Å². The second kappa shape index (κ2) is 7.52. The molecule has 0 saturated heterocycles. The minimum absolute atomic E-state index is 0.197. The summed E-state index contributed by atoms with van der Waals surface area (Å²) in [4.78, 5) is 15.6. The summed E-state index contributed by atoms with van der Waals surface area (Å²) in [5.74, 6) is -0.618. The van der Waals surface area contributed by atoms with Crippen LogP contribution in [0.2, 0.25) is 0 Å². The van der Waals surface area contributed by atoms with E-state index >= 15 is 0 Å². The van der Waals surface area contributed by atoms with Crippen molar-refractivity contribution in [2.75, 3.05) is 6.54 Å². The largest absolute Gasteiger partial charge is 0.481 e. The van der Waals surface area contributed by atoms with E-state index in [0.29, 0.717) is 6.54 Å². The number of carboxylic acid groups (broad SMARTS) is 1. The molecule has 1 saturated carbocycles. The molecule has 2 rings (SSSR count). The van der Waals surface area contributed by atoms with Crippen molar-refractivity contribution in [3.05, 3.63) is 26.9 Å². The number of halogens is 2. The fourth-order valence-corrected chi connectivity index (χ4v) is 3.85. The maximum Gasteiger partial charge on any atom is 0.306 e. The van der Waals surface area contributed by atoms with Gasteiger partial charge in [0, 0.05) is 21.7 Å². The van der Waals surface area contributed by atoms with Crippen LogP contribution in [0.3, 0.4) is 0 Å². The number of nitrogens with one attached hydrogen (secondary N) is 1. The molecule has 0 aliphatic heterocycles. The smallest absolute Gasteiger partial charge is 0.306 e. The molecular formula is C14H18Br2N2O2. The first-order valence-electron chi connectivity index (χ1n) is 6.81. The number of rotatable bonds is 5. The summed E-state index contributed by atoms with van der Waals surface area (Å²) in [6, 6.07) is 1.96. The number of hydrogen-bond donors (Lipinski definition) is 2. The predicted molar refractivity (Wildman–Crippen MR) is 84.4 cm³/mol. The third kappa shape index (κ3) is 4.27. The number of hydrogen-bond acceptors (Lipinski definition) is 3. The Morgan fingerprint density at radius 2 is 2.15 bits per heavy atom. The molecule has 6 heteroatoms. The van der Waals surface area contributed by atoms with Crippen LogP contribution in [-0.2, 0) is 11.3 Å². The van der Waals surface area contributed by atoms with Gasteiger partial charge >= 0.3 is 5.97 Å². The van der Waals surface area contributed by atoms with E-state index < -0.39 is 5.97 Å². The summed E-state index contributed by atoms with van der Waals surface area (Å²) < 4.78 is 1.89. The number of aromatic nitrogens is 1. The summed E-state index contributed by atoms with van der Waals surface area (Å²) >= 11 is 6.85. The standard InChI is InChI=1S/C14H18Br2N2O2/c15-10-5-12(16)13(18-7-10)8-17-6-9-3-1-2-4-11(9)14(19)20/h5,7,9,11,17H,1-4,6,8H2,(H,19,20). The van der Waals surface area contributed by atoms with Crippen LogP contribution in [0.15, 0.2) is 21.2 Å². The molecule has 1 aromatic rings. The maximum absolute atomic E-state index is 11.2. The van der Waals surface area contributed by atoms with Crippen molar-refractivity contribution >= 4 is 37.8 Å². The number of aliphatic carboxylic acids is 1. The highest BCUT2D eigenvalue weighted by Gasteiger charge is 2.30. The van der Waals surface area contributed by atoms with Gasteiger partial charge in [-0.25, -0.2) is 0 Å². The normalized spacial score (nSPS) is 22.7. The first kappa shape index (κ1) is 15.9. The molecular weight excluding hydrogens is 388 g/mol. The number of pyridine rings is 1. The zero-order valence-electron chi connectivity index (χ0n) is 11.1. The van der Waals surface area contributed by atoms with Crippen molar-refractivity contribution in [1.82, 2.24) is 10.3 Å². The second-order valence-electron chi connectivity index (χ2n) is 5.20. The van der Waals surface area contributed by atoms with Crippen LogP contribution in [0.5, 0.6) is 0 Å². The zero-order valence-corrected chi connectivity index (χ0v) is 14.3. The summed E-state index contributed by atoms with van der Waals surface area (Å²) in [7, 11) is 0. The van der Waals surface area contributed by atoms with Crippen LogP contribution in [0.1, 0.15) is 31.4 Å². The van der Waals surface area contributed by atoms with Gasteiger partial charge in [0.15, 0.2) is 0 Å². The molecule has 4 nitrogen and oxygen atoms in total. The molecule has 2 unspecified atom stereocenters. The van der Waals surface area contributed by atoms with E-state index in [0.717, 1.165) is 46.9 Å². The Kier molecular flexibility index (Phi) is 5.99. The minimum Gasteiger partial charge on any atom is -0.481 e. The minimum atomic E-state index is -0.653. The maximum atomic E-state index is 11.2. The fraction of sp³-hybridized carbons (Fsp3) is 0.571. The summed E-state index contributed by atoms with van der Waals surface area (Å²) in [5.41, 5.74) is 0.941. The lowest BCUT2D eigenvalue weighted by Crippen LogP contribution is -2.34. The molecule has 0 spiro atoms. The van der Waals surface area contributed by atoms with Gasteiger partial charge in [0.25, 0.3) is 0 Å². The van der Waals surface area contributed by atoms with E-state index in [4.69, 9.17) is 0 Å². The Morgan fingerprint density at radius 1 is 1.40 bits per heavy atom. The second-order valence-corrected chi connectivity index (χ2v) is 6.97. The monoisotopic (exact) mass is 404 g/mol. The molecule has 1 aliphatic rings. The lowest BCUT2D eigenvalue weighted by atomic mass is 9.79. The Balaban J connectivity index is 1.86. The van der Waals surface area contributed by atoms with Crippen LogP contribution < -0.4 is 5.32 Å². The quantitative estimate of drug-likeness (QED) is 0.785. The number of nitrogens with zero attached hydrogens (tertiary/aromatic N) is 1. The van der Waals surface area contributed by atoms with Crippen LogP contribution in [0.4, 0.5) is 0 Å². The highest BCUT2D eigenvalue weighted by atomic mass is 79.9. The average Bonchev–Trinajstić information content (AvgIpc) is 2.41. The first-order chi connectivity index (χ1) is 9.58. The Hall–Kier alpha value is -0.460. The van der Waals surface area contributed by atoms with Crippen molar-refractivity contribution in [3.63, 3.8) is 0 Å². The summed E-state index contributed by atoms with van der Waals surface area (Å²) in [5, 5.41) is 12.6. The Labute approximate surface area is 135 Å². The van der Waals surface area contributed by atoms with E-state index in [1.54, 1.807) is 6.20 Å². The number of carbonyl (C=O) groups is 1. The van der Waals surface area contributed by atoms with Gasteiger partial charge in [0.2, 0.25) is 0 Å². The average molecular weight is 406 g/mol. The van der Waals surface area contributed by atoms with Gasteiger partial charge in [-0.1, -0.05) is 12.8 Å². The van der Waals surface area contributed by atoms with Crippen LogP contribution >= 0.6 is 31.9 Å². The van der Waals surface area contributed by atoms with Gasteiger partial charge in [0.1, 0.15) is 0 Å². The molecule has 110 valence electrons. The molecule has 0 bridgehead atoms. The van der Waals surface area contributed by atoms with Crippen molar-refractivity contribution in [2.45, 2.75) is 32.2 Å². The predicted octanol–water partition coefficient (Wildman–Crippen LogP) is 3.59.